The van der Waals surface area contributed by atoms with Crippen molar-refractivity contribution in [3.05, 3.63) is 131 Å². The zero-order valence-corrected chi connectivity index (χ0v) is 31.4. The summed E-state index contributed by atoms with van der Waals surface area (Å²) in [5, 5.41) is 16.0. The van der Waals surface area contributed by atoms with Crippen LogP contribution in [-0.2, 0) is 37.8 Å². The van der Waals surface area contributed by atoms with E-state index in [0.29, 0.717) is 36.3 Å². The molecule has 4 atom stereocenters. The number of fused-ring (bicyclic) bond motifs is 2. The highest BCUT2D eigenvalue weighted by Gasteiger charge is 2.66. The van der Waals surface area contributed by atoms with Crippen LogP contribution < -0.4 is 9.91 Å². The van der Waals surface area contributed by atoms with Crippen LogP contribution in [-0.4, -0.2) is 65.8 Å². The molecule has 0 radical (unpaired) electrons. The summed E-state index contributed by atoms with van der Waals surface area (Å²) in [5.74, 6) is -0.989. The van der Waals surface area contributed by atoms with Gasteiger partial charge in [0.05, 0.1) is 42.8 Å². The summed E-state index contributed by atoms with van der Waals surface area (Å²) >= 11 is 0. The number of aliphatic hydroxyl groups is 1. The fourth-order valence-electron chi connectivity index (χ4n) is 8.47. The predicted octanol–water partition coefficient (Wildman–Crippen LogP) is 5.97. The van der Waals surface area contributed by atoms with Crippen molar-refractivity contribution in [2.75, 3.05) is 23.1 Å². The molecule has 3 heterocycles. The Kier molecular flexibility index (Phi) is 10.2. The molecule has 0 saturated carbocycles. The average Bonchev–Trinajstić information content (AvgIpc) is 3.58. The number of para-hydroxylation sites is 1. The zero-order valence-electron chi connectivity index (χ0n) is 30.4. The van der Waals surface area contributed by atoms with Crippen molar-refractivity contribution in [2.24, 2.45) is 11.0 Å². The van der Waals surface area contributed by atoms with Gasteiger partial charge in [0.25, 0.3) is 5.91 Å². The molecule has 3 aliphatic rings. The first kappa shape index (κ1) is 36.4. The molecule has 7 rings (SSSR count). The first-order valence-corrected chi connectivity index (χ1v) is 21.3. The number of rotatable bonds is 11. The van der Waals surface area contributed by atoms with E-state index in [1.165, 1.54) is 5.01 Å². The summed E-state index contributed by atoms with van der Waals surface area (Å²) in [6.45, 7) is 6.14. The molecule has 1 spiro atoms. The lowest BCUT2D eigenvalue weighted by Crippen LogP contribution is -2.46. The van der Waals surface area contributed by atoms with Crippen LogP contribution in [0.25, 0.3) is 0 Å². The third kappa shape index (κ3) is 6.97. The van der Waals surface area contributed by atoms with Crippen molar-refractivity contribution >= 4 is 43.1 Å². The van der Waals surface area contributed by atoms with E-state index in [2.05, 4.69) is 0 Å². The van der Waals surface area contributed by atoms with Gasteiger partial charge in [0.2, 0.25) is 11.8 Å². The van der Waals surface area contributed by atoms with Gasteiger partial charge in [0.15, 0.2) is 13.9 Å². The van der Waals surface area contributed by atoms with E-state index in [4.69, 9.17) is 9.84 Å². The monoisotopic (exact) mass is 730 g/mol. The second kappa shape index (κ2) is 14.8. The molecule has 274 valence electrons. The van der Waals surface area contributed by atoms with E-state index in [0.717, 1.165) is 22.4 Å². The molecular formula is C42H46N4O6Si. The highest BCUT2D eigenvalue weighted by Crippen LogP contribution is 2.59. The Morgan fingerprint density at radius 2 is 1.60 bits per heavy atom. The van der Waals surface area contributed by atoms with Gasteiger partial charge in [-0.1, -0.05) is 97.9 Å². The summed E-state index contributed by atoms with van der Waals surface area (Å²) in [4.78, 5) is 57.0. The molecule has 4 aromatic carbocycles. The molecule has 11 heteroatoms. The van der Waals surface area contributed by atoms with Crippen LogP contribution in [0.2, 0.25) is 18.6 Å². The minimum Gasteiger partial charge on any atom is -0.432 e. The average molecular weight is 731 g/mol. The van der Waals surface area contributed by atoms with Crippen LogP contribution in [0.1, 0.15) is 48.4 Å². The van der Waals surface area contributed by atoms with E-state index >= 15 is 0 Å². The SMILES string of the molecule is C[C@H]1[C@H]([Si](C)(C)O)[C@@H](CC(=O)N(CCO)Cc2ccccc2)O[C@]12C(=O)N(Cc1cccc(N3N=C(c4ccccc4)CCC3=O)c1)c1ccccc12. The van der Waals surface area contributed by atoms with Crippen molar-refractivity contribution in [3.8, 4) is 0 Å². The molecule has 0 aromatic heterocycles. The number of ether oxygens (including phenoxy) is 1. The summed E-state index contributed by atoms with van der Waals surface area (Å²) in [5.41, 5.74) is 3.77. The van der Waals surface area contributed by atoms with Crippen molar-refractivity contribution in [2.45, 2.75) is 69.6 Å². The van der Waals surface area contributed by atoms with Crippen LogP contribution in [0.5, 0.6) is 0 Å². The Balaban J connectivity index is 1.18. The highest BCUT2D eigenvalue weighted by atomic mass is 28.4. The van der Waals surface area contributed by atoms with Crippen LogP contribution in [0.3, 0.4) is 0 Å². The predicted molar refractivity (Wildman–Crippen MR) is 207 cm³/mol. The van der Waals surface area contributed by atoms with Crippen molar-refractivity contribution in [1.29, 1.82) is 0 Å². The van der Waals surface area contributed by atoms with Gasteiger partial charge in [0.1, 0.15) is 0 Å². The van der Waals surface area contributed by atoms with Crippen LogP contribution >= 0.6 is 0 Å². The molecule has 1 fully saturated rings. The molecule has 0 aliphatic carbocycles. The van der Waals surface area contributed by atoms with E-state index in [1.54, 1.807) is 9.80 Å². The van der Waals surface area contributed by atoms with Crippen molar-refractivity contribution in [3.63, 3.8) is 0 Å². The maximum atomic E-state index is 14.9. The second-order valence-electron chi connectivity index (χ2n) is 14.8. The van der Waals surface area contributed by atoms with Crippen LogP contribution in [0.4, 0.5) is 11.4 Å². The normalized spacial score (nSPS) is 22.7. The molecule has 53 heavy (non-hydrogen) atoms. The number of carbonyl (C=O) groups is 3. The number of hydrazone groups is 1. The zero-order chi connectivity index (χ0) is 37.3. The molecule has 2 N–H and O–H groups in total. The third-order valence-electron chi connectivity index (χ3n) is 10.8. The summed E-state index contributed by atoms with van der Waals surface area (Å²) in [6, 6.07) is 34.6. The van der Waals surface area contributed by atoms with E-state index in [1.807, 2.05) is 129 Å². The van der Waals surface area contributed by atoms with Gasteiger partial charge in [-0.3, -0.25) is 14.4 Å². The minimum absolute atomic E-state index is 0.0343. The highest BCUT2D eigenvalue weighted by molar-refractivity contribution is 6.71. The van der Waals surface area contributed by atoms with Gasteiger partial charge in [-0.2, -0.15) is 5.10 Å². The molecular weight excluding hydrogens is 685 g/mol. The topological polar surface area (TPSA) is 123 Å². The minimum atomic E-state index is -3.01. The lowest BCUT2D eigenvalue weighted by atomic mass is 9.82. The van der Waals surface area contributed by atoms with E-state index < -0.39 is 31.5 Å². The van der Waals surface area contributed by atoms with Gasteiger partial charge in [0, 0.05) is 43.0 Å². The first-order chi connectivity index (χ1) is 25.5. The number of anilines is 2. The lowest BCUT2D eigenvalue weighted by Gasteiger charge is -2.32. The lowest BCUT2D eigenvalue weighted by molar-refractivity contribution is -0.150. The Morgan fingerprint density at radius 3 is 2.32 bits per heavy atom. The quantitative estimate of drug-likeness (QED) is 0.183. The largest absolute Gasteiger partial charge is 0.432 e. The van der Waals surface area contributed by atoms with Crippen molar-refractivity contribution in [1.82, 2.24) is 4.90 Å². The van der Waals surface area contributed by atoms with Crippen LogP contribution in [0.15, 0.2) is 114 Å². The number of amides is 3. The third-order valence-corrected chi connectivity index (χ3v) is 13.3. The summed E-state index contributed by atoms with van der Waals surface area (Å²) in [6.07, 6.45) is 0.148. The second-order valence-corrected chi connectivity index (χ2v) is 18.8. The molecule has 3 amide bonds. The van der Waals surface area contributed by atoms with Crippen LogP contribution in [0, 0.1) is 5.92 Å². The number of benzene rings is 4. The fraction of sp³-hybridized carbons (Fsp3) is 0.333. The van der Waals surface area contributed by atoms with Gasteiger partial charge >= 0.3 is 0 Å². The Morgan fingerprint density at radius 1 is 0.925 bits per heavy atom. The van der Waals surface area contributed by atoms with Crippen molar-refractivity contribution < 1.29 is 29.0 Å². The Bertz CT molecular complexity index is 2020. The van der Waals surface area contributed by atoms with Gasteiger partial charge in [-0.25, -0.2) is 5.01 Å². The standard InChI is InChI=1S/C42H46N4O6Si/c1-29-40(53(2,3)51)37(26-39(49)44(23-24-47)27-30-13-6-4-7-14-30)52-42(29)34-19-10-11-20-36(34)45(41(42)50)28-31-15-12-18-33(25-31)46-38(48)22-21-35(43-46)32-16-8-5-9-17-32/h4-20,25,29,37,40,47,51H,21-24,26-28H2,1-3H3/t29-,37+,40-,42+/m0/s1. The van der Waals surface area contributed by atoms with Gasteiger partial charge in [-0.05, 0) is 48.0 Å². The fourth-order valence-corrected chi connectivity index (χ4v) is 11.0. The Hall–Kier alpha value is -4.94. The van der Waals surface area contributed by atoms with E-state index in [-0.39, 0.29) is 43.8 Å². The molecule has 4 aromatic rings. The maximum Gasteiger partial charge on any atom is 0.264 e. The molecule has 1 saturated heterocycles. The molecule has 0 bridgehead atoms. The molecule has 3 aliphatic heterocycles. The van der Waals surface area contributed by atoms with Gasteiger partial charge in [-0.15, -0.1) is 0 Å². The molecule has 10 nitrogen and oxygen atoms in total. The summed E-state index contributed by atoms with van der Waals surface area (Å²) < 4.78 is 6.91. The smallest absolute Gasteiger partial charge is 0.264 e. The van der Waals surface area contributed by atoms with E-state index in [9.17, 15) is 24.3 Å². The summed E-state index contributed by atoms with van der Waals surface area (Å²) in [7, 11) is -3.01. The van der Waals surface area contributed by atoms with Gasteiger partial charge < -0.3 is 24.4 Å². The number of hydrogen-bond acceptors (Lipinski definition) is 7. The number of hydrogen-bond donors (Lipinski definition) is 2. The number of carbonyl (C=O) groups excluding carboxylic acids is 3. The Labute approximate surface area is 311 Å². The maximum absolute atomic E-state index is 14.9. The first-order valence-electron chi connectivity index (χ1n) is 18.3. The number of aliphatic hydroxyl groups excluding tert-OH is 1. The molecule has 0 unspecified atom stereocenters. The number of nitrogens with zero attached hydrogens (tertiary/aromatic N) is 4.